The molecule has 0 unspecified atom stereocenters. The predicted octanol–water partition coefficient (Wildman–Crippen LogP) is 4.50. The quantitative estimate of drug-likeness (QED) is 0.298. The number of carbonyl (C=O) groups is 1. The van der Waals surface area contributed by atoms with Crippen molar-refractivity contribution in [1.29, 1.82) is 0 Å². The van der Waals surface area contributed by atoms with E-state index >= 15 is 0 Å². The summed E-state index contributed by atoms with van der Waals surface area (Å²) in [4.78, 5) is 13.8. The van der Waals surface area contributed by atoms with Gasteiger partial charge >= 0.3 is 5.97 Å². The minimum Gasteiger partial charge on any atom is -0.493 e. The van der Waals surface area contributed by atoms with Gasteiger partial charge in [-0.1, -0.05) is 60.7 Å². The van der Waals surface area contributed by atoms with Gasteiger partial charge in [0.2, 0.25) is 12.5 Å². The molecule has 44 heavy (non-hydrogen) atoms. The molecule has 7 rings (SSSR count). The number of aliphatic hydroxyl groups is 2. The van der Waals surface area contributed by atoms with Gasteiger partial charge < -0.3 is 38.6 Å². The Labute approximate surface area is 254 Å². The molecule has 2 N–H and O–H groups in total. The summed E-state index contributed by atoms with van der Waals surface area (Å²) in [6, 6.07) is 25.1. The van der Waals surface area contributed by atoms with E-state index in [-0.39, 0.29) is 13.4 Å². The Bertz CT molecular complexity index is 1660. The molecule has 0 amide bonds. The summed E-state index contributed by atoms with van der Waals surface area (Å²) < 4.78 is 34.2. The van der Waals surface area contributed by atoms with Crippen LogP contribution in [0.3, 0.4) is 0 Å². The molecule has 4 atom stereocenters. The fourth-order valence-electron chi connectivity index (χ4n) is 7.32. The van der Waals surface area contributed by atoms with Crippen LogP contribution in [0.2, 0.25) is 0 Å². The molecule has 2 aliphatic heterocycles. The number of esters is 1. The summed E-state index contributed by atoms with van der Waals surface area (Å²) in [6.45, 7) is -0.112. The van der Waals surface area contributed by atoms with Gasteiger partial charge in [0.1, 0.15) is 11.2 Å². The summed E-state index contributed by atoms with van der Waals surface area (Å²) in [5.41, 5.74) is -1.48. The van der Waals surface area contributed by atoms with Crippen molar-refractivity contribution < 1.29 is 43.4 Å². The zero-order valence-electron chi connectivity index (χ0n) is 24.5. The fourth-order valence-corrected chi connectivity index (χ4v) is 7.32. The van der Waals surface area contributed by atoms with Gasteiger partial charge in [-0.05, 0) is 52.1 Å². The van der Waals surface area contributed by atoms with Crippen molar-refractivity contribution in [2.24, 2.45) is 11.8 Å². The average molecular weight is 597 g/mol. The molecule has 2 heterocycles. The minimum absolute atomic E-state index is 0.00202. The molecule has 0 spiro atoms. The van der Waals surface area contributed by atoms with E-state index in [2.05, 4.69) is 0 Å². The van der Waals surface area contributed by atoms with Crippen molar-refractivity contribution >= 4 is 5.97 Å². The second kappa shape index (κ2) is 10.5. The Hall–Kier alpha value is -4.73. The topological polar surface area (TPSA) is 113 Å². The molecule has 1 aliphatic carbocycles. The van der Waals surface area contributed by atoms with Crippen LogP contribution in [-0.2, 0) is 20.7 Å². The number of hydrogen-bond donors (Lipinski definition) is 2. The maximum Gasteiger partial charge on any atom is 0.310 e. The number of carbonyl (C=O) groups excluding carboxylic acids is 1. The molecular weight excluding hydrogens is 564 g/mol. The van der Waals surface area contributed by atoms with Gasteiger partial charge in [-0.3, -0.25) is 4.79 Å². The summed E-state index contributed by atoms with van der Waals surface area (Å²) in [6.07, 6.45) is 0. The zero-order valence-corrected chi connectivity index (χ0v) is 24.5. The molecule has 4 aromatic rings. The third-order valence-corrected chi connectivity index (χ3v) is 9.28. The largest absolute Gasteiger partial charge is 0.493 e. The lowest BCUT2D eigenvalue weighted by Crippen LogP contribution is -2.59. The first-order valence-electron chi connectivity index (χ1n) is 14.3. The van der Waals surface area contributed by atoms with E-state index in [9.17, 15) is 15.0 Å². The third-order valence-electron chi connectivity index (χ3n) is 9.28. The lowest BCUT2D eigenvalue weighted by molar-refractivity contribution is -0.187. The van der Waals surface area contributed by atoms with Crippen LogP contribution >= 0.6 is 0 Å². The van der Waals surface area contributed by atoms with Gasteiger partial charge in [0.05, 0.1) is 33.9 Å². The SMILES string of the molecule is COc1cc([C@@H]2c3cc4c(cc3[C@@](O)(C(O)(c3ccccc3)c3ccccc3)[C@H]3COC(=O)[C@H]23)OCO4)cc(OC)c1OC. The average Bonchev–Trinajstić information content (AvgIpc) is 3.70. The van der Waals surface area contributed by atoms with E-state index in [4.69, 9.17) is 28.4 Å². The number of hydrogen-bond acceptors (Lipinski definition) is 9. The van der Waals surface area contributed by atoms with Crippen molar-refractivity contribution in [3.05, 3.63) is 113 Å². The third kappa shape index (κ3) is 3.82. The number of rotatable bonds is 7. The first-order valence-corrected chi connectivity index (χ1v) is 14.3. The van der Waals surface area contributed by atoms with Crippen LogP contribution in [-0.4, -0.2) is 50.9 Å². The summed E-state index contributed by atoms with van der Waals surface area (Å²) >= 11 is 0. The first-order chi connectivity index (χ1) is 21.4. The zero-order chi connectivity index (χ0) is 30.6. The number of methoxy groups -OCH3 is 3. The molecule has 0 radical (unpaired) electrons. The summed E-state index contributed by atoms with van der Waals surface area (Å²) in [7, 11) is 4.58. The second-order valence-corrected chi connectivity index (χ2v) is 11.2. The van der Waals surface area contributed by atoms with E-state index in [0.29, 0.717) is 56.6 Å². The molecule has 9 nitrogen and oxygen atoms in total. The van der Waals surface area contributed by atoms with Gasteiger partial charge in [0.15, 0.2) is 23.0 Å². The second-order valence-electron chi connectivity index (χ2n) is 11.2. The van der Waals surface area contributed by atoms with Gasteiger partial charge in [-0.2, -0.15) is 0 Å². The highest BCUT2D eigenvalue weighted by molar-refractivity contribution is 5.80. The Balaban J connectivity index is 1.56. The highest BCUT2D eigenvalue weighted by Gasteiger charge is 2.67. The number of ether oxygens (including phenoxy) is 6. The van der Waals surface area contributed by atoms with Crippen LogP contribution in [0.25, 0.3) is 0 Å². The molecule has 4 aromatic carbocycles. The fraction of sp³-hybridized carbons (Fsp3) is 0.286. The molecule has 1 fully saturated rings. The Morgan fingerprint density at radius 1 is 0.795 bits per heavy atom. The van der Waals surface area contributed by atoms with Crippen molar-refractivity contribution in [3.8, 4) is 28.7 Å². The van der Waals surface area contributed by atoms with Crippen LogP contribution in [0.5, 0.6) is 28.7 Å². The monoisotopic (exact) mass is 596 g/mol. The summed E-state index contributed by atoms with van der Waals surface area (Å²) in [5, 5.41) is 26.5. The normalized spacial score (nSPS) is 23.4. The van der Waals surface area contributed by atoms with Gasteiger partial charge in [0, 0.05) is 11.8 Å². The first kappa shape index (κ1) is 28.1. The smallest absolute Gasteiger partial charge is 0.310 e. The lowest BCUT2D eigenvalue weighted by atomic mass is 9.54. The van der Waals surface area contributed by atoms with Crippen molar-refractivity contribution in [3.63, 3.8) is 0 Å². The van der Waals surface area contributed by atoms with E-state index in [0.717, 1.165) is 0 Å². The number of benzene rings is 4. The predicted molar refractivity (Wildman–Crippen MR) is 158 cm³/mol. The van der Waals surface area contributed by atoms with Crippen LogP contribution < -0.4 is 23.7 Å². The van der Waals surface area contributed by atoms with Crippen LogP contribution in [0, 0.1) is 11.8 Å². The lowest BCUT2D eigenvalue weighted by Gasteiger charge is -2.53. The van der Waals surface area contributed by atoms with E-state index in [1.165, 1.54) is 21.3 Å². The Morgan fingerprint density at radius 2 is 1.36 bits per heavy atom. The maximum absolute atomic E-state index is 13.8. The molecule has 3 aliphatic rings. The molecular formula is C35H32O9. The summed E-state index contributed by atoms with van der Waals surface area (Å²) in [5.74, 6) is -0.759. The van der Waals surface area contributed by atoms with Crippen molar-refractivity contribution in [2.75, 3.05) is 34.7 Å². The molecule has 0 aromatic heterocycles. The Kier molecular flexibility index (Phi) is 6.68. The van der Waals surface area contributed by atoms with Crippen molar-refractivity contribution in [2.45, 2.75) is 17.1 Å². The highest BCUT2D eigenvalue weighted by atomic mass is 16.7. The van der Waals surface area contributed by atoms with Gasteiger partial charge in [-0.15, -0.1) is 0 Å². The van der Waals surface area contributed by atoms with Crippen LogP contribution in [0.1, 0.15) is 33.7 Å². The minimum atomic E-state index is -2.06. The standard InChI is InChI=1S/C35H32O9/c1-39-28-14-20(15-29(40-2)32(28)41-3)30-23-16-26-27(44-19-43-26)17-24(23)35(38,25-18-42-33(36)31(25)30)34(37,21-10-6-4-7-11-21)22-12-8-5-9-13-22/h4-17,25,30-31,37-38H,18-19H2,1-3H3/t25-,30+,31-,35-/m0/s1. The molecule has 226 valence electrons. The molecule has 0 saturated carbocycles. The number of fused-ring (bicyclic) bond motifs is 3. The van der Waals surface area contributed by atoms with Gasteiger partial charge in [0.25, 0.3) is 0 Å². The van der Waals surface area contributed by atoms with Crippen LogP contribution in [0.15, 0.2) is 84.9 Å². The molecule has 9 heteroatoms. The van der Waals surface area contributed by atoms with Crippen LogP contribution in [0.4, 0.5) is 0 Å². The van der Waals surface area contributed by atoms with Crippen molar-refractivity contribution in [1.82, 2.24) is 0 Å². The molecule has 1 saturated heterocycles. The number of cyclic esters (lactones) is 1. The highest BCUT2D eigenvalue weighted by Crippen LogP contribution is 2.63. The Morgan fingerprint density at radius 3 is 1.91 bits per heavy atom. The van der Waals surface area contributed by atoms with E-state index < -0.39 is 34.9 Å². The van der Waals surface area contributed by atoms with E-state index in [1.54, 1.807) is 48.5 Å². The van der Waals surface area contributed by atoms with E-state index in [1.807, 2.05) is 36.4 Å². The van der Waals surface area contributed by atoms with Gasteiger partial charge in [-0.25, -0.2) is 0 Å². The molecule has 0 bridgehead atoms. The maximum atomic E-state index is 13.8.